The van der Waals surface area contributed by atoms with Gasteiger partial charge in [0.1, 0.15) is 0 Å². The Bertz CT molecular complexity index is 1130. The van der Waals surface area contributed by atoms with Crippen LogP contribution in [-0.4, -0.2) is 26.5 Å². The van der Waals surface area contributed by atoms with Gasteiger partial charge in [0.15, 0.2) is 17.0 Å². The number of nitrogens with zero attached hydrogens (tertiary/aromatic N) is 3. The number of fused-ring (bicyclic) bond motifs is 3. The van der Waals surface area contributed by atoms with E-state index in [9.17, 15) is 18.0 Å². The van der Waals surface area contributed by atoms with Crippen LogP contribution in [0.4, 0.5) is 13.2 Å². The Morgan fingerprint density at radius 1 is 1.16 bits per heavy atom. The number of hydrogen-bond acceptors (Lipinski definition) is 3. The zero-order chi connectivity index (χ0) is 21.8. The van der Waals surface area contributed by atoms with E-state index in [0.29, 0.717) is 21.9 Å². The predicted molar refractivity (Wildman–Crippen MR) is 109 cm³/mol. The van der Waals surface area contributed by atoms with Crippen LogP contribution in [-0.2, 0) is 6.18 Å². The van der Waals surface area contributed by atoms with Crippen LogP contribution in [0, 0.1) is 17.8 Å². The molecule has 1 amide bonds. The van der Waals surface area contributed by atoms with Crippen molar-refractivity contribution in [2.45, 2.75) is 44.8 Å². The van der Waals surface area contributed by atoms with E-state index in [2.05, 4.69) is 15.4 Å². The average Bonchev–Trinajstić information content (AvgIpc) is 3.48. The van der Waals surface area contributed by atoms with Gasteiger partial charge in [0, 0.05) is 17.7 Å². The minimum absolute atomic E-state index is 0.00796. The summed E-state index contributed by atoms with van der Waals surface area (Å²) < 4.78 is 41.9. The summed E-state index contributed by atoms with van der Waals surface area (Å²) in [4.78, 5) is 17.1. The van der Waals surface area contributed by atoms with E-state index in [-0.39, 0.29) is 23.1 Å². The molecule has 31 heavy (non-hydrogen) atoms. The third kappa shape index (κ3) is 3.68. The summed E-state index contributed by atoms with van der Waals surface area (Å²) >= 11 is 0. The molecule has 2 aliphatic rings. The lowest BCUT2D eigenvalue weighted by Gasteiger charge is -2.28. The lowest BCUT2D eigenvalue weighted by atomic mass is 9.84. The van der Waals surface area contributed by atoms with Crippen LogP contribution in [0.25, 0.3) is 16.9 Å². The first-order valence-electron chi connectivity index (χ1n) is 10.6. The molecule has 0 radical (unpaired) electrons. The largest absolute Gasteiger partial charge is 0.433 e. The summed E-state index contributed by atoms with van der Waals surface area (Å²) in [5.41, 5.74) is -0.281. The summed E-state index contributed by atoms with van der Waals surface area (Å²) in [6, 6.07) is 10.9. The maximum absolute atomic E-state index is 13.7. The summed E-state index contributed by atoms with van der Waals surface area (Å²) in [6.45, 7) is 1.98. The topological polar surface area (TPSA) is 59.3 Å². The van der Waals surface area contributed by atoms with Crippen molar-refractivity contribution < 1.29 is 18.0 Å². The molecule has 3 aromatic rings. The van der Waals surface area contributed by atoms with E-state index in [0.717, 1.165) is 18.4 Å². The number of benzene rings is 1. The summed E-state index contributed by atoms with van der Waals surface area (Å²) in [5, 5.41) is 6.93. The van der Waals surface area contributed by atoms with Gasteiger partial charge in [-0.05, 0) is 50.0 Å². The molecule has 4 atom stereocenters. The van der Waals surface area contributed by atoms with E-state index in [1.165, 1.54) is 25.3 Å². The van der Waals surface area contributed by atoms with Crippen molar-refractivity contribution in [3.63, 3.8) is 0 Å². The second-order valence-corrected chi connectivity index (χ2v) is 8.79. The standard InChI is InChI=1S/C23H23F3N4O/c1-13(17-10-14-7-8-16(17)9-14)27-22(31)19-12-21-28-18(15-5-3-2-4-6-15)11-20(23(24,25)26)30(21)29-19/h2-6,11-14,16-17H,7-10H2,1H3,(H,27,31)/t13-,14+,16+,17-/m0/s1. The van der Waals surface area contributed by atoms with Gasteiger partial charge in [-0.15, -0.1) is 0 Å². The monoisotopic (exact) mass is 428 g/mol. The van der Waals surface area contributed by atoms with E-state index >= 15 is 0 Å². The highest BCUT2D eigenvalue weighted by molar-refractivity contribution is 5.93. The van der Waals surface area contributed by atoms with Crippen molar-refractivity contribution in [2.24, 2.45) is 17.8 Å². The highest BCUT2D eigenvalue weighted by Crippen LogP contribution is 2.49. The predicted octanol–water partition coefficient (Wildman–Crippen LogP) is 4.97. The fraction of sp³-hybridized carbons (Fsp3) is 0.435. The minimum Gasteiger partial charge on any atom is -0.348 e. The second-order valence-electron chi connectivity index (χ2n) is 8.79. The van der Waals surface area contributed by atoms with Gasteiger partial charge in [-0.2, -0.15) is 18.3 Å². The molecule has 0 spiro atoms. The molecule has 2 heterocycles. The molecule has 5 rings (SSSR count). The van der Waals surface area contributed by atoms with Crippen molar-refractivity contribution >= 4 is 11.6 Å². The number of rotatable bonds is 4. The minimum atomic E-state index is -4.64. The van der Waals surface area contributed by atoms with Gasteiger partial charge in [0.2, 0.25) is 0 Å². The van der Waals surface area contributed by atoms with Gasteiger partial charge in [0.25, 0.3) is 5.91 Å². The lowest BCUT2D eigenvalue weighted by Crippen LogP contribution is -2.40. The number of nitrogens with one attached hydrogen (secondary N) is 1. The fourth-order valence-electron chi connectivity index (χ4n) is 5.34. The highest BCUT2D eigenvalue weighted by atomic mass is 19.4. The summed E-state index contributed by atoms with van der Waals surface area (Å²) in [6.07, 6.45) is 0.160. The van der Waals surface area contributed by atoms with E-state index < -0.39 is 17.8 Å². The molecule has 2 aliphatic carbocycles. The molecule has 0 aliphatic heterocycles. The maximum Gasteiger partial charge on any atom is 0.433 e. The molecule has 0 unspecified atom stereocenters. The highest BCUT2D eigenvalue weighted by Gasteiger charge is 2.42. The van der Waals surface area contributed by atoms with Crippen molar-refractivity contribution in [3.05, 3.63) is 53.9 Å². The van der Waals surface area contributed by atoms with Crippen LogP contribution in [0.5, 0.6) is 0 Å². The molecule has 8 heteroatoms. The molecule has 1 N–H and O–H groups in total. The smallest absolute Gasteiger partial charge is 0.348 e. The third-order valence-electron chi connectivity index (χ3n) is 6.81. The van der Waals surface area contributed by atoms with Gasteiger partial charge in [-0.3, -0.25) is 4.79 Å². The quantitative estimate of drug-likeness (QED) is 0.638. The van der Waals surface area contributed by atoms with Gasteiger partial charge < -0.3 is 5.32 Å². The summed E-state index contributed by atoms with van der Waals surface area (Å²) in [5.74, 6) is 1.34. The Labute approximate surface area is 177 Å². The van der Waals surface area contributed by atoms with E-state index in [1.807, 2.05) is 6.92 Å². The van der Waals surface area contributed by atoms with E-state index in [1.54, 1.807) is 30.3 Å². The summed E-state index contributed by atoms with van der Waals surface area (Å²) in [7, 11) is 0. The molecular weight excluding hydrogens is 405 g/mol. The molecule has 2 saturated carbocycles. The number of amides is 1. The van der Waals surface area contributed by atoms with Gasteiger partial charge >= 0.3 is 6.18 Å². The van der Waals surface area contributed by atoms with Crippen LogP contribution in [0.1, 0.15) is 48.8 Å². The molecule has 2 bridgehead atoms. The SMILES string of the molecule is C[C@H](NC(=O)c1cc2nc(-c3ccccc3)cc(C(F)(F)F)n2n1)[C@@H]1C[C@@H]2CC[C@@H]1C2. The van der Waals surface area contributed by atoms with Gasteiger partial charge in [-0.1, -0.05) is 36.8 Å². The zero-order valence-electron chi connectivity index (χ0n) is 17.1. The Hall–Kier alpha value is -2.90. The number of hydrogen-bond donors (Lipinski definition) is 1. The molecule has 162 valence electrons. The maximum atomic E-state index is 13.7. The van der Waals surface area contributed by atoms with Crippen molar-refractivity contribution in [2.75, 3.05) is 0 Å². The van der Waals surface area contributed by atoms with Gasteiger partial charge in [-0.25, -0.2) is 9.50 Å². The zero-order valence-corrected chi connectivity index (χ0v) is 17.1. The van der Waals surface area contributed by atoms with Crippen LogP contribution in [0.3, 0.4) is 0 Å². The van der Waals surface area contributed by atoms with Gasteiger partial charge in [0.05, 0.1) is 5.69 Å². The number of aromatic nitrogens is 3. The fourth-order valence-corrected chi connectivity index (χ4v) is 5.34. The Balaban J connectivity index is 1.46. The number of carbonyl (C=O) groups is 1. The lowest BCUT2D eigenvalue weighted by molar-refractivity contribution is -0.142. The van der Waals surface area contributed by atoms with Crippen LogP contribution < -0.4 is 5.32 Å². The number of halogens is 3. The first kappa shape index (κ1) is 20.0. The molecule has 2 aromatic heterocycles. The first-order valence-corrected chi connectivity index (χ1v) is 10.6. The van der Waals surface area contributed by atoms with Crippen LogP contribution in [0.15, 0.2) is 42.5 Å². The normalized spacial score (nSPS) is 23.9. The number of carbonyl (C=O) groups excluding carboxylic acids is 1. The molecule has 2 fully saturated rings. The van der Waals surface area contributed by atoms with Crippen molar-refractivity contribution in [1.29, 1.82) is 0 Å². The van der Waals surface area contributed by atoms with Crippen molar-refractivity contribution in [3.8, 4) is 11.3 Å². The van der Waals surface area contributed by atoms with Crippen molar-refractivity contribution in [1.82, 2.24) is 19.9 Å². The third-order valence-corrected chi connectivity index (χ3v) is 6.81. The molecule has 0 saturated heterocycles. The van der Waals surface area contributed by atoms with Crippen LogP contribution in [0.2, 0.25) is 0 Å². The number of alkyl halides is 3. The Morgan fingerprint density at radius 3 is 2.58 bits per heavy atom. The molecule has 1 aromatic carbocycles. The molecular formula is C23H23F3N4O. The first-order chi connectivity index (χ1) is 14.8. The molecule has 5 nitrogen and oxygen atoms in total. The Kier molecular flexibility index (Phi) is 4.75. The second kappa shape index (κ2) is 7.35. The van der Waals surface area contributed by atoms with E-state index in [4.69, 9.17) is 0 Å². The average molecular weight is 428 g/mol. The van der Waals surface area contributed by atoms with Crippen LogP contribution >= 0.6 is 0 Å². The Morgan fingerprint density at radius 2 is 1.94 bits per heavy atom.